The number of benzene rings is 1. The van der Waals surface area contributed by atoms with E-state index in [0.717, 1.165) is 17.0 Å². The topological polar surface area (TPSA) is 71.5 Å². The van der Waals surface area contributed by atoms with Gasteiger partial charge in [-0.3, -0.25) is 9.59 Å². The van der Waals surface area contributed by atoms with Gasteiger partial charge in [0.2, 0.25) is 11.8 Å². The molecule has 0 spiro atoms. The molecule has 1 aromatic heterocycles. The van der Waals surface area contributed by atoms with Gasteiger partial charge >= 0.3 is 0 Å². The van der Waals surface area contributed by atoms with Gasteiger partial charge in [0, 0.05) is 24.8 Å². The minimum Gasteiger partial charge on any atom is -0.497 e. The van der Waals surface area contributed by atoms with Crippen molar-refractivity contribution in [3.05, 3.63) is 48.2 Å². The number of ether oxygens (including phenoxy) is 1. The SMILES string of the molecule is COc1ccc(N2C[C@@H](C(=O)Nc3cc(C)ccn3)CC2=O)cc1. The van der Waals surface area contributed by atoms with Crippen LogP contribution in [0.25, 0.3) is 0 Å². The number of rotatable bonds is 4. The van der Waals surface area contributed by atoms with Crippen LogP contribution < -0.4 is 15.0 Å². The number of aromatic nitrogens is 1. The summed E-state index contributed by atoms with van der Waals surface area (Å²) in [6.45, 7) is 2.30. The Hall–Kier alpha value is -2.89. The second kappa shape index (κ2) is 6.70. The fourth-order valence-electron chi connectivity index (χ4n) is 2.73. The van der Waals surface area contributed by atoms with Gasteiger partial charge in [-0.2, -0.15) is 0 Å². The van der Waals surface area contributed by atoms with Crippen molar-refractivity contribution < 1.29 is 14.3 Å². The number of carbonyl (C=O) groups excluding carboxylic acids is 2. The Morgan fingerprint density at radius 1 is 1.29 bits per heavy atom. The van der Waals surface area contributed by atoms with Crippen LogP contribution in [0.5, 0.6) is 5.75 Å². The first kappa shape index (κ1) is 16.0. The molecule has 1 atom stereocenters. The Morgan fingerprint density at radius 3 is 2.71 bits per heavy atom. The Labute approximate surface area is 140 Å². The molecule has 1 aromatic carbocycles. The van der Waals surface area contributed by atoms with Crippen molar-refractivity contribution in [2.45, 2.75) is 13.3 Å². The number of pyridine rings is 1. The molecule has 6 nitrogen and oxygen atoms in total. The van der Waals surface area contributed by atoms with Crippen LogP contribution in [-0.4, -0.2) is 30.5 Å². The molecule has 124 valence electrons. The van der Waals surface area contributed by atoms with Crippen LogP contribution in [0.2, 0.25) is 0 Å². The highest BCUT2D eigenvalue weighted by Crippen LogP contribution is 2.27. The third kappa shape index (κ3) is 3.37. The number of carbonyl (C=O) groups is 2. The number of methoxy groups -OCH3 is 1. The average Bonchev–Trinajstić information content (AvgIpc) is 2.97. The number of amides is 2. The number of anilines is 2. The first-order valence-corrected chi connectivity index (χ1v) is 7.75. The van der Waals surface area contributed by atoms with Gasteiger partial charge in [-0.1, -0.05) is 0 Å². The summed E-state index contributed by atoms with van der Waals surface area (Å²) in [4.78, 5) is 30.4. The molecule has 0 aliphatic carbocycles. The minimum atomic E-state index is -0.387. The number of hydrogen-bond acceptors (Lipinski definition) is 4. The molecule has 1 aliphatic heterocycles. The third-order valence-corrected chi connectivity index (χ3v) is 4.05. The fourth-order valence-corrected chi connectivity index (χ4v) is 2.73. The van der Waals surface area contributed by atoms with Gasteiger partial charge in [0.1, 0.15) is 11.6 Å². The maximum absolute atomic E-state index is 12.4. The van der Waals surface area contributed by atoms with Crippen LogP contribution in [-0.2, 0) is 9.59 Å². The zero-order valence-corrected chi connectivity index (χ0v) is 13.7. The van der Waals surface area contributed by atoms with E-state index in [1.54, 1.807) is 36.4 Å². The molecule has 6 heteroatoms. The van der Waals surface area contributed by atoms with Crippen molar-refractivity contribution in [2.75, 3.05) is 23.9 Å². The largest absolute Gasteiger partial charge is 0.497 e. The van der Waals surface area contributed by atoms with E-state index in [2.05, 4.69) is 10.3 Å². The Kier molecular flexibility index (Phi) is 4.46. The summed E-state index contributed by atoms with van der Waals surface area (Å²) in [6.07, 6.45) is 1.85. The lowest BCUT2D eigenvalue weighted by atomic mass is 10.1. The summed E-state index contributed by atoms with van der Waals surface area (Å²) in [7, 11) is 1.59. The van der Waals surface area contributed by atoms with Crippen molar-refractivity contribution in [3.63, 3.8) is 0 Å². The zero-order chi connectivity index (χ0) is 17.1. The molecule has 24 heavy (non-hydrogen) atoms. The molecule has 0 bridgehead atoms. The predicted octanol–water partition coefficient (Wildman–Crippen LogP) is 2.39. The molecule has 2 aromatic rings. The number of hydrogen-bond donors (Lipinski definition) is 1. The Balaban J connectivity index is 1.68. The van der Waals surface area contributed by atoms with Gasteiger partial charge in [0.15, 0.2) is 0 Å². The van der Waals surface area contributed by atoms with Crippen molar-refractivity contribution in [2.24, 2.45) is 5.92 Å². The molecule has 0 unspecified atom stereocenters. The standard InChI is InChI=1S/C18H19N3O3/c1-12-7-8-19-16(9-12)20-18(23)13-10-17(22)21(11-13)14-3-5-15(24-2)6-4-14/h3-9,13H,10-11H2,1-2H3,(H,19,20,23)/t13-/m0/s1. The maximum atomic E-state index is 12.4. The first-order chi connectivity index (χ1) is 11.6. The lowest BCUT2D eigenvalue weighted by Gasteiger charge is -2.17. The molecular weight excluding hydrogens is 306 g/mol. The molecule has 0 radical (unpaired) electrons. The predicted molar refractivity (Wildman–Crippen MR) is 91.1 cm³/mol. The number of nitrogens with one attached hydrogen (secondary N) is 1. The lowest BCUT2D eigenvalue weighted by molar-refractivity contribution is -0.122. The van der Waals surface area contributed by atoms with Crippen molar-refractivity contribution in [3.8, 4) is 5.75 Å². The number of aryl methyl sites for hydroxylation is 1. The molecule has 2 heterocycles. The van der Waals surface area contributed by atoms with Gasteiger partial charge in [-0.15, -0.1) is 0 Å². The van der Waals surface area contributed by atoms with E-state index < -0.39 is 0 Å². The van der Waals surface area contributed by atoms with Gasteiger partial charge in [0.25, 0.3) is 0 Å². The number of nitrogens with zero attached hydrogens (tertiary/aromatic N) is 2. The minimum absolute atomic E-state index is 0.0579. The molecule has 3 rings (SSSR count). The molecule has 2 amide bonds. The molecule has 1 aliphatic rings. The van der Waals surface area contributed by atoms with Crippen LogP contribution in [0.15, 0.2) is 42.6 Å². The highest BCUT2D eigenvalue weighted by atomic mass is 16.5. The first-order valence-electron chi connectivity index (χ1n) is 7.75. The summed E-state index contributed by atoms with van der Waals surface area (Å²) in [6, 6.07) is 10.9. The zero-order valence-electron chi connectivity index (χ0n) is 13.7. The lowest BCUT2D eigenvalue weighted by Crippen LogP contribution is -2.28. The summed E-state index contributed by atoms with van der Waals surface area (Å²) in [5, 5.41) is 2.79. The maximum Gasteiger partial charge on any atom is 0.230 e. The molecular formula is C18H19N3O3. The summed E-state index contributed by atoms with van der Waals surface area (Å²) < 4.78 is 5.12. The van der Waals surface area contributed by atoms with Gasteiger partial charge in [0.05, 0.1) is 13.0 Å². The van der Waals surface area contributed by atoms with E-state index in [4.69, 9.17) is 4.74 Å². The smallest absolute Gasteiger partial charge is 0.230 e. The van der Waals surface area contributed by atoms with E-state index in [1.165, 1.54) is 0 Å². The van der Waals surface area contributed by atoms with E-state index >= 15 is 0 Å². The highest BCUT2D eigenvalue weighted by Gasteiger charge is 2.35. The highest BCUT2D eigenvalue weighted by molar-refractivity contribution is 6.03. The van der Waals surface area contributed by atoms with E-state index in [9.17, 15) is 9.59 Å². The monoisotopic (exact) mass is 325 g/mol. The molecule has 1 saturated heterocycles. The summed E-state index contributed by atoms with van der Waals surface area (Å²) in [5.41, 5.74) is 1.78. The van der Waals surface area contributed by atoms with Gasteiger partial charge in [-0.05, 0) is 48.9 Å². The second-order valence-electron chi connectivity index (χ2n) is 5.81. The normalized spacial score (nSPS) is 17.0. The van der Waals surface area contributed by atoms with Crippen molar-refractivity contribution in [1.82, 2.24) is 4.98 Å². The van der Waals surface area contributed by atoms with Crippen LogP contribution in [0.1, 0.15) is 12.0 Å². The van der Waals surface area contributed by atoms with E-state index in [0.29, 0.717) is 12.4 Å². The van der Waals surface area contributed by atoms with E-state index in [1.807, 2.05) is 25.1 Å². The van der Waals surface area contributed by atoms with Crippen LogP contribution in [0.3, 0.4) is 0 Å². The molecule has 1 fully saturated rings. The van der Waals surface area contributed by atoms with E-state index in [-0.39, 0.29) is 24.2 Å². The van der Waals surface area contributed by atoms with Crippen LogP contribution >= 0.6 is 0 Å². The van der Waals surface area contributed by atoms with Crippen LogP contribution in [0.4, 0.5) is 11.5 Å². The Bertz CT molecular complexity index is 758. The van der Waals surface area contributed by atoms with Gasteiger partial charge in [-0.25, -0.2) is 4.98 Å². The molecule has 0 saturated carbocycles. The second-order valence-corrected chi connectivity index (χ2v) is 5.81. The summed E-state index contributed by atoms with van der Waals surface area (Å²) in [5.74, 6) is 0.609. The van der Waals surface area contributed by atoms with Gasteiger partial charge < -0.3 is 15.0 Å². The fraction of sp³-hybridized carbons (Fsp3) is 0.278. The quantitative estimate of drug-likeness (QED) is 0.937. The van der Waals surface area contributed by atoms with Crippen molar-refractivity contribution in [1.29, 1.82) is 0 Å². The average molecular weight is 325 g/mol. The van der Waals surface area contributed by atoms with Crippen molar-refractivity contribution >= 4 is 23.3 Å². The summed E-state index contributed by atoms with van der Waals surface area (Å²) >= 11 is 0. The van der Waals surface area contributed by atoms with Crippen LogP contribution in [0, 0.1) is 12.8 Å². The molecule has 1 N–H and O–H groups in total. The third-order valence-electron chi connectivity index (χ3n) is 4.05. The Morgan fingerprint density at radius 2 is 2.04 bits per heavy atom.